The molecule has 1 rings (SSSR count). The Morgan fingerprint density at radius 3 is 2.56 bits per heavy atom. The van der Waals surface area contributed by atoms with E-state index in [9.17, 15) is 13.2 Å². The van der Waals surface area contributed by atoms with E-state index in [1.807, 2.05) is 13.0 Å². The standard InChI is InChI=1S/C10H13NO4S/c1-7-4-3-5-9(8(7)2)11-16(14,15)6-10(12)13/h3-5,11H,6H2,1-2H3,(H,12,13). The Kier molecular flexibility index (Phi) is 3.54. The monoisotopic (exact) mass is 243 g/mol. The number of hydrogen-bond acceptors (Lipinski definition) is 3. The summed E-state index contributed by atoms with van der Waals surface area (Å²) < 4.78 is 25.0. The number of benzene rings is 1. The van der Waals surface area contributed by atoms with Crippen molar-refractivity contribution in [3.8, 4) is 0 Å². The summed E-state index contributed by atoms with van der Waals surface area (Å²) in [7, 11) is -3.82. The average Bonchev–Trinajstić information content (AvgIpc) is 2.10. The van der Waals surface area contributed by atoms with Crippen LogP contribution in [0.3, 0.4) is 0 Å². The lowest BCUT2D eigenvalue weighted by Crippen LogP contribution is -2.22. The van der Waals surface area contributed by atoms with Crippen molar-refractivity contribution in [2.75, 3.05) is 10.5 Å². The molecule has 0 radical (unpaired) electrons. The molecule has 0 aromatic heterocycles. The number of anilines is 1. The van der Waals surface area contributed by atoms with Crippen LogP contribution in [0.1, 0.15) is 11.1 Å². The van der Waals surface area contributed by atoms with Crippen LogP contribution < -0.4 is 4.72 Å². The van der Waals surface area contributed by atoms with Gasteiger partial charge in [0.2, 0.25) is 10.0 Å². The number of carboxylic acid groups (broad SMARTS) is 1. The maximum absolute atomic E-state index is 11.4. The highest BCUT2D eigenvalue weighted by atomic mass is 32.2. The van der Waals surface area contributed by atoms with Crippen LogP contribution in [0.15, 0.2) is 18.2 Å². The van der Waals surface area contributed by atoms with Crippen LogP contribution in [-0.4, -0.2) is 25.2 Å². The SMILES string of the molecule is Cc1cccc(NS(=O)(=O)CC(=O)O)c1C. The van der Waals surface area contributed by atoms with Gasteiger partial charge >= 0.3 is 5.97 Å². The minimum atomic E-state index is -3.82. The molecule has 2 N–H and O–H groups in total. The maximum atomic E-state index is 11.4. The Balaban J connectivity index is 2.97. The maximum Gasteiger partial charge on any atom is 0.320 e. The van der Waals surface area contributed by atoms with E-state index in [-0.39, 0.29) is 0 Å². The fourth-order valence-electron chi connectivity index (χ4n) is 1.23. The zero-order valence-corrected chi connectivity index (χ0v) is 9.84. The fraction of sp³-hybridized carbons (Fsp3) is 0.300. The van der Waals surface area contributed by atoms with Crippen LogP contribution >= 0.6 is 0 Å². The van der Waals surface area contributed by atoms with Gasteiger partial charge in [-0.3, -0.25) is 9.52 Å². The summed E-state index contributed by atoms with van der Waals surface area (Å²) in [6.45, 7) is 3.62. The molecule has 0 fully saturated rings. The van der Waals surface area contributed by atoms with Gasteiger partial charge in [-0.25, -0.2) is 8.42 Å². The van der Waals surface area contributed by atoms with Gasteiger partial charge in [-0.1, -0.05) is 12.1 Å². The lowest BCUT2D eigenvalue weighted by Gasteiger charge is -2.10. The van der Waals surface area contributed by atoms with Gasteiger partial charge in [0, 0.05) is 0 Å². The predicted octanol–water partition coefficient (Wildman–Crippen LogP) is 1.13. The van der Waals surface area contributed by atoms with Gasteiger partial charge in [-0.2, -0.15) is 0 Å². The summed E-state index contributed by atoms with van der Waals surface area (Å²) in [5.74, 6) is -2.31. The highest BCUT2D eigenvalue weighted by Crippen LogP contribution is 2.19. The van der Waals surface area contributed by atoms with Crippen LogP contribution in [0.2, 0.25) is 0 Å². The van der Waals surface area contributed by atoms with E-state index in [0.29, 0.717) is 5.69 Å². The second kappa shape index (κ2) is 4.52. The molecule has 0 saturated carbocycles. The van der Waals surface area contributed by atoms with Crippen molar-refractivity contribution in [2.45, 2.75) is 13.8 Å². The van der Waals surface area contributed by atoms with Crippen LogP contribution in [0.4, 0.5) is 5.69 Å². The first-order valence-corrected chi connectivity index (χ1v) is 6.25. The molecule has 0 saturated heterocycles. The molecule has 0 amide bonds. The lowest BCUT2D eigenvalue weighted by molar-refractivity contribution is -0.134. The second-order valence-corrected chi connectivity index (χ2v) is 5.22. The van der Waals surface area contributed by atoms with Gasteiger partial charge in [0.1, 0.15) is 0 Å². The summed E-state index contributed by atoms with van der Waals surface area (Å²) in [6, 6.07) is 5.16. The highest BCUT2D eigenvalue weighted by Gasteiger charge is 2.16. The third-order valence-electron chi connectivity index (χ3n) is 2.18. The molecule has 5 nitrogen and oxygen atoms in total. The predicted molar refractivity (Wildman–Crippen MR) is 61.0 cm³/mol. The van der Waals surface area contributed by atoms with Crippen LogP contribution in [0.25, 0.3) is 0 Å². The van der Waals surface area contributed by atoms with E-state index in [1.54, 1.807) is 19.1 Å². The second-order valence-electron chi connectivity index (χ2n) is 3.50. The number of aliphatic carboxylic acids is 1. The third-order valence-corrected chi connectivity index (χ3v) is 3.34. The average molecular weight is 243 g/mol. The molecule has 0 spiro atoms. The first-order chi connectivity index (χ1) is 7.32. The van der Waals surface area contributed by atoms with Crippen molar-refractivity contribution in [3.63, 3.8) is 0 Å². The van der Waals surface area contributed by atoms with Crippen LogP contribution in [-0.2, 0) is 14.8 Å². The molecule has 0 bridgehead atoms. The number of nitrogens with one attached hydrogen (secondary N) is 1. The van der Waals surface area contributed by atoms with Crippen molar-refractivity contribution in [3.05, 3.63) is 29.3 Å². The minimum Gasteiger partial charge on any atom is -0.480 e. The van der Waals surface area contributed by atoms with E-state index in [2.05, 4.69) is 4.72 Å². The zero-order valence-electron chi connectivity index (χ0n) is 9.02. The third kappa shape index (κ3) is 3.23. The number of aryl methyl sites for hydroxylation is 1. The molecular formula is C10H13NO4S. The van der Waals surface area contributed by atoms with Crippen molar-refractivity contribution >= 4 is 21.7 Å². The number of carboxylic acids is 1. The van der Waals surface area contributed by atoms with Gasteiger partial charge in [-0.05, 0) is 31.0 Å². The molecule has 0 aliphatic heterocycles. The van der Waals surface area contributed by atoms with Crippen molar-refractivity contribution in [2.24, 2.45) is 0 Å². The molecule has 1 aromatic rings. The van der Waals surface area contributed by atoms with Crippen molar-refractivity contribution in [1.82, 2.24) is 0 Å². The number of hydrogen-bond donors (Lipinski definition) is 2. The molecular weight excluding hydrogens is 230 g/mol. The van der Waals surface area contributed by atoms with Crippen LogP contribution in [0.5, 0.6) is 0 Å². The van der Waals surface area contributed by atoms with Crippen molar-refractivity contribution < 1.29 is 18.3 Å². The smallest absolute Gasteiger partial charge is 0.320 e. The fourth-order valence-corrected chi connectivity index (χ4v) is 2.18. The Hall–Kier alpha value is -1.56. The summed E-state index contributed by atoms with van der Waals surface area (Å²) in [5, 5.41) is 8.43. The molecule has 0 aliphatic rings. The van der Waals surface area contributed by atoms with E-state index in [4.69, 9.17) is 5.11 Å². The largest absolute Gasteiger partial charge is 0.480 e. The van der Waals surface area contributed by atoms with E-state index < -0.39 is 21.7 Å². The minimum absolute atomic E-state index is 0.418. The normalized spacial score (nSPS) is 11.1. The topological polar surface area (TPSA) is 83.5 Å². The van der Waals surface area contributed by atoms with Gasteiger partial charge in [0.25, 0.3) is 0 Å². The van der Waals surface area contributed by atoms with E-state index >= 15 is 0 Å². The van der Waals surface area contributed by atoms with E-state index in [0.717, 1.165) is 11.1 Å². The summed E-state index contributed by atoms with van der Waals surface area (Å²) in [4.78, 5) is 10.3. The first-order valence-electron chi connectivity index (χ1n) is 4.60. The molecule has 0 unspecified atom stereocenters. The lowest BCUT2D eigenvalue weighted by atomic mass is 10.1. The number of carbonyl (C=O) groups is 1. The van der Waals surface area contributed by atoms with E-state index in [1.165, 1.54) is 0 Å². The molecule has 0 aliphatic carbocycles. The van der Waals surface area contributed by atoms with Crippen LogP contribution in [0, 0.1) is 13.8 Å². The molecule has 6 heteroatoms. The quantitative estimate of drug-likeness (QED) is 0.830. The van der Waals surface area contributed by atoms with Gasteiger partial charge in [0.05, 0.1) is 5.69 Å². The highest BCUT2D eigenvalue weighted by molar-refractivity contribution is 7.93. The summed E-state index contributed by atoms with van der Waals surface area (Å²) >= 11 is 0. The van der Waals surface area contributed by atoms with Gasteiger partial charge in [-0.15, -0.1) is 0 Å². The molecule has 0 heterocycles. The molecule has 0 atom stereocenters. The van der Waals surface area contributed by atoms with Gasteiger partial charge in [0.15, 0.2) is 5.75 Å². The number of sulfonamides is 1. The Morgan fingerprint density at radius 2 is 2.00 bits per heavy atom. The van der Waals surface area contributed by atoms with Gasteiger partial charge < -0.3 is 5.11 Å². The number of rotatable bonds is 4. The summed E-state index contributed by atoms with van der Waals surface area (Å²) in [6.07, 6.45) is 0. The Labute approximate surface area is 94.2 Å². The van der Waals surface area contributed by atoms with Crippen molar-refractivity contribution in [1.29, 1.82) is 0 Å². The zero-order chi connectivity index (χ0) is 12.3. The first kappa shape index (κ1) is 12.5. The molecule has 1 aromatic carbocycles. The Morgan fingerprint density at radius 1 is 1.38 bits per heavy atom. The summed E-state index contributed by atoms with van der Waals surface area (Å²) in [5.41, 5.74) is 2.15. The molecule has 16 heavy (non-hydrogen) atoms. The molecule has 88 valence electrons. The Bertz CT molecular complexity index is 508.